The summed E-state index contributed by atoms with van der Waals surface area (Å²) < 4.78 is 5.97. The topological polar surface area (TPSA) is 25.2 Å². The molecule has 0 aliphatic carbocycles. The Kier molecular flexibility index (Phi) is 4.34. The van der Waals surface area contributed by atoms with Crippen molar-refractivity contribution in [2.24, 2.45) is 0 Å². The first kappa shape index (κ1) is 14.9. The zero-order chi connectivity index (χ0) is 14.8. The van der Waals surface area contributed by atoms with E-state index in [1.165, 1.54) is 16.5 Å². The van der Waals surface area contributed by atoms with Crippen molar-refractivity contribution in [1.82, 2.24) is 5.32 Å². The van der Waals surface area contributed by atoms with Crippen LogP contribution >= 0.6 is 0 Å². The molecule has 1 aromatic heterocycles. The van der Waals surface area contributed by atoms with Gasteiger partial charge < -0.3 is 9.73 Å². The van der Waals surface area contributed by atoms with Gasteiger partial charge in [0.15, 0.2) is 0 Å². The molecule has 20 heavy (non-hydrogen) atoms. The average molecular weight is 271 g/mol. The van der Waals surface area contributed by atoms with E-state index in [1.807, 2.05) is 0 Å². The molecule has 1 aromatic carbocycles. The zero-order valence-corrected chi connectivity index (χ0v) is 13.2. The van der Waals surface area contributed by atoms with Crippen molar-refractivity contribution in [2.45, 2.75) is 46.6 Å². The predicted octanol–water partition coefficient (Wildman–Crippen LogP) is 4.92. The van der Waals surface area contributed by atoms with Crippen molar-refractivity contribution in [3.8, 4) is 0 Å². The van der Waals surface area contributed by atoms with Crippen LogP contribution in [0.4, 0.5) is 0 Å². The summed E-state index contributed by atoms with van der Waals surface area (Å²) in [6, 6.07) is 8.39. The molecule has 0 saturated carbocycles. The molecule has 2 nitrogen and oxygen atoms in total. The van der Waals surface area contributed by atoms with E-state index < -0.39 is 0 Å². The molecule has 2 rings (SSSR count). The molecule has 0 aliphatic heterocycles. The van der Waals surface area contributed by atoms with Crippen molar-refractivity contribution >= 4 is 16.5 Å². The summed E-state index contributed by atoms with van der Waals surface area (Å²) in [5, 5.41) is 4.67. The Hall–Kier alpha value is -1.54. The summed E-state index contributed by atoms with van der Waals surface area (Å²) in [5.41, 5.74) is 3.58. The molecule has 1 heterocycles. The summed E-state index contributed by atoms with van der Waals surface area (Å²) in [7, 11) is 0. The third-order valence-electron chi connectivity index (χ3n) is 3.38. The van der Waals surface area contributed by atoms with E-state index in [1.54, 1.807) is 0 Å². The van der Waals surface area contributed by atoms with Gasteiger partial charge in [0, 0.05) is 10.9 Å². The fourth-order valence-electron chi connectivity index (χ4n) is 2.24. The van der Waals surface area contributed by atoms with Gasteiger partial charge in [-0.05, 0) is 64.8 Å². The maximum absolute atomic E-state index is 5.97. The molecule has 0 fully saturated rings. The van der Waals surface area contributed by atoms with Gasteiger partial charge in [-0.2, -0.15) is 0 Å². The van der Waals surface area contributed by atoms with Crippen LogP contribution in [-0.4, -0.2) is 12.1 Å². The lowest BCUT2D eigenvalue weighted by Crippen LogP contribution is -2.36. The Morgan fingerprint density at radius 3 is 2.70 bits per heavy atom. The van der Waals surface area contributed by atoms with Gasteiger partial charge in [0.25, 0.3) is 0 Å². The van der Waals surface area contributed by atoms with Crippen LogP contribution in [0.3, 0.4) is 0 Å². The maximum Gasteiger partial charge on any atom is 0.137 e. The third-order valence-corrected chi connectivity index (χ3v) is 3.38. The molecule has 0 spiro atoms. The SMILES string of the molecule is C/C(=C/CCNC(C)(C)C)c1cc2cccc(C)c2o1. The number of fused-ring (bicyclic) bond motifs is 1. The molecule has 0 bridgehead atoms. The van der Waals surface area contributed by atoms with E-state index in [9.17, 15) is 0 Å². The lowest BCUT2D eigenvalue weighted by atomic mass is 10.1. The fourth-order valence-corrected chi connectivity index (χ4v) is 2.24. The number of rotatable bonds is 4. The second-order valence-corrected chi connectivity index (χ2v) is 6.46. The van der Waals surface area contributed by atoms with Crippen molar-refractivity contribution in [1.29, 1.82) is 0 Å². The van der Waals surface area contributed by atoms with Crippen LogP contribution in [0.15, 0.2) is 34.8 Å². The second kappa shape index (κ2) is 5.84. The molecule has 0 atom stereocenters. The number of furan rings is 1. The van der Waals surface area contributed by atoms with Gasteiger partial charge in [-0.3, -0.25) is 0 Å². The van der Waals surface area contributed by atoms with Crippen molar-refractivity contribution in [2.75, 3.05) is 6.54 Å². The quantitative estimate of drug-likeness (QED) is 0.798. The summed E-state index contributed by atoms with van der Waals surface area (Å²) in [6.07, 6.45) is 3.25. The van der Waals surface area contributed by atoms with Crippen molar-refractivity contribution in [3.63, 3.8) is 0 Å². The van der Waals surface area contributed by atoms with E-state index in [0.29, 0.717) is 0 Å². The van der Waals surface area contributed by atoms with Gasteiger partial charge in [0.05, 0.1) is 0 Å². The normalized spacial score (nSPS) is 13.2. The molecule has 1 N–H and O–H groups in total. The van der Waals surface area contributed by atoms with Crippen LogP contribution in [0.5, 0.6) is 0 Å². The van der Waals surface area contributed by atoms with E-state index in [0.717, 1.165) is 24.3 Å². The number of nitrogens with one attached hydrogen (secondary N) is 1. The number of benzene rings is 1. The van der Waals surface area contributed by atoms with Gasteiger partial charge in [-0.1, -0.05) is 24.3 Å². The predicted molar refractivity (Wildman–Crippen MR) is 87.0 cm³/mol. The zero-order valence-electron chi connectivity index (χ0n) is 13.2. The van der Waals surface area contributed by atoms with E-state index in [-0.39, 0.29) is 5.54 Å². The first-order valence-corrected chi connectivity index (χ1v) is 7.28. The van der Waals surface area contributed by atoms with Gasteiger partial charge in [0.2, 0.25) is 0 Å². The lowest BCUT2D eigenvalue weighted by Gasteiger charge is -2.19. The maximum atomic E-state index is 5.97. The van der Waals surface area contributed by atoms with Crippen molar-refractivity contribution in [3.05, 3.63) is 41.7 Å². The molecule has 0 aliphatic rings. The molecule has 2 aromatic rings. The molecule has 0 radical (unpaired) electrons. The van der Waals surface area contributed by atoms with Gasteiger partial charge in [0.1, 0.15) is 11.3 Å². The minimum absolute atomic E-state index is 0.179. The highest BCUT2D eigenvalue weighted by molar-refractivity contribution is 5.84. The number of hydrogen-bond acceptors (Lipinski definition) is 2. The number of aryl methyl sites for hydroxylation is 1. The Morgan fingerprint density at radius 2 is 2.05 bits per heavy atom. The van der Waals surface area contributed by atoms with Gasteiger partial charge in [-0.15, -0.1) is 0 Å². The van der Waals surface area contributed by atoms with Crippen LogP contribution in [0, 0.1) is 6.92 Å². The molecule has 2 heteroatoms. The van der Waals surface area contributed by atoms with Crippen LogP contribution in [0.1, 0.15) is 45.4 Å². The Balaban J connectivity index is 2.07. The largest absolute Gasteiger partial charge is 0.456 e. The van der Waals surface area contributed by atoms with Crippen LogP contribution in [-0.2, 0) is 0 Å². The molecular formula is C18H25NO. The highest BCUT2D eigenvalue weighted by Crippen LogP contribution is 2.26. The first-order valence-electron chi connectivity index (χ1n) is 7.28. The number of para-hydroxylation sites is 1. The number of hydrogen-bond donors (Lipinski definition) is 1. The number of allylic oxidation sites excluding steroid dienone is 1. The van der Waals surface area contributed by atoms with Crippen LogP contribution in [0.2, 0.25) is 0 Å². The summed E-state index contributed by atoms with van der Waals surface area (Å²) in [6.45, 7) is 11.7. The van der Waals surface area contributed by atoms with E-state index in [2.05, 4.69) is 70.3 Å². The minimum Gasteiger partial charge on any atom is -0.456 e. The Bertz CT molecular complexity index is 614. The molecule has 108 valence electrons. The highest BCUT2D eigenvalue weighted by atomic mass is 16.3. The van der Waals surface area contributed by atoms with Gasteiger partial charge >= 0.3 is 0 Å². The Morgan fingerprint density at radius 1 is 1.30 bits per heavy atom. The summed E-state index contributed by atoms with van der Waals surface area (Å²) in [4.78, 5) is 0. The van der Waals surface area contributed by atoms with E-state index in [4.69, 9.17) is 4.42 Å². The van der Waals surface area contributed by atoms with Crippen LogP contribution in [0.25, 0.3) is 16.5 Å². The molecule has 0 amide bonds. The highest BCUT2D eigenvalue weighted by Gasteiger charge is 2.08. The first-order chi connectivity index (χ1) is 9.37. The van der Waals surface area contributed by atoms with Crippen LogP contribution < -0.4 is 5.32 Å². The second-order valence-electron chi connectivity index (χ2n) is 6.46. The minimum atomic E-state index is 0.179. The Labute approximate surface area is 121 Å². The average Bonchev–Trinajstić information content (AvgIpc) is 2.79. The smallest absolute Gasteiger partial charge is 0.137 e. The standard InChI is InChI=1S/C18H25NO/c1-13(9-7-11-19-18(3,4)5)16-12-15-10-6-8-14(2)17(15)20-16/h6,8-10,12,19H,7,11H2,1-5H3/b13-9-. The van der Waals surface area contributed by atoms with Crippen molar-refractivity contribution < 1.29 is 4.42 Å². The van der Waals surface area contributed by atoms with E-state index >= 15 is 0 Å². The molecule has 0 unspecified atom stereocenters. The molecular weight excluding hydrogens is 246 g/mol. The van der Waals surface area contributed by atoms with Gasteiger partial charge in [-0.25, -0.2) is 0 Å². The summed E-state index contributed by atoms with van der Waals surface area (Å²) in [5.74, 6) is 0.977. The lowest BCUT2D eigenvalue weighted by molar-refractivity contribution is 0.431. The summed E-state index contributed by atoms with van der Waals surface area (Å²) >= 11 is 0. The third kappa shape index (κ3) is 3.73. The monoisotopic (exact) mass is 271 g/mol. The molecule has 0 saturated heterocycles. The fraction of sp³-hybridized carbons (Fsp3) is 0.444.